The van der Waals surface area contributed by atoms with Gasteiger partial charge in [0.05, 0.1) is 11.7 Å². The maximum Gasteiger partial charge on any atom is 0.293 e. The molecule has 180 valence electrons. The van der Waals surface area contributed by atoms with Gasteiger partial charge in [-0.3, -0.25) is 14.4 Å². The molecule has 1 aliphatic carbocycles. The van der Waals surface area contributed by atoms with Crippen molar-refractivity contribution in [2.45, 2.75) is 69.0 Å². The molecule has 2 aromatic rings. The molecule has 0 spiro atoms. The first-order chi connectivity index (χ1) is 15.8. The molecular formula is C22H29FN4O4S2. The fourth-order valence-corrected chi connectivity index (χ4v) is 6.92. The Morgan fingerprint density at radius 1 is 1.21 bits per heavy atom. The van der Waals surface area contributed by atoms with Gasteiger partial charge in [0, 0.05) is 17.1 Å². The van der Waals surface area contributed by atoms with Gasteiger partial charge in [-0.25, -0.2) is 17.8 Å². The molecule has 2 aliphatic rings. The van der Waals surface area contributed by atoms with Crippen LogP contribution in [0.4, 0.5) is 15.2 Å². The second-order valence-electron chi connectivity index (χ2n) is 8.68. The number of likely N-dealkylation sites (tertiary alicyclic amines) is 1. The number of aryl methyl sites for hydroxylation is 2. The van der Waals surface area contributed by atoms with E-state index in [2.05, 4.69) is 19.9 Å². The van der Waals surface area contributed by atoms with Crippen LogP contribution in [0.5, 0.6) is 0 Å². The Morgan fingerprint density at radius 2 is 1.97 bits per heavy atom. The quantitative estimate of drug-likeness (QED) is 0.538. The number of aromatic nitrogens is 1. The zero-order valence-electron chi connectivity index (χ0n) is 18.7. The number of sulfonamides is 1. The first kappa shape index (κ1) is 23.9. The van der Waals surface area contributed by atoms with Gasteiger partial charge in [0.15, 0.2) is 5.13 Å². The Kier molecular flexibility index (Phi) is 7.20. The molecule has 1 aliphatic heterocycles. The van der Waals surface area contributed by atoms with Crippen molar-refractivity contribution >= 4 is 38.7 Å². The number of anilines is 2. The third kappa shape index (κ3) is 5.30. The Hall–Kier alpha value is -2.24. The Labute approximate surface area is 197 Å². The standard InChI is InChI=1S/C22H29FN4O4S2/c1-14-10-20(33(29,30)26-22-24-15(2)12-32-22)16(23)11-18(14)25-17-6-5-7-19(31-13-28)21(17)27-8-3-4-9-27/h10-13,17,19,21,25H,3-9H2,1-2H3,(H,24,26)/t17-,19?,21+/m0/s1. The topological polar surface area (TPSA) is 101 Å². The van der Waals surface area contributed by atoms with Crippen LogP contribution in [0.3, 0.4) is 0 Å². The molecule has 1 aromatic heterocycles. The van der Waals surface area contributed by atoms with Crippen molar-refractivity contribution in [2.24, 2.45) is 0 Å². The minimum Gasteiger partial charge on any atom is -0.463 e. The maximum atomic E-state index is 15.0. The van der Waals surface area contributed by atoms with E-state index in [1.165, 1.54) is 12.1 Å². The highest BCUT2D eigenvalue weighted by Crippen LogP contribution is 2.33. The van der Waals surface area contributed by atoms with Gasteiger partial charge in [-0.1, -0.05) is 0 Å². The molecule has 3 atom stereocenters. The van der Waals surface area contributed by atoms with Crippen LogP contribution in [-0.2, 0) is 19.6 Å². The van der Waals surface area contributed by atoms with Crippen LogP contribution < -0.4 is 10.0 Å². The molecule has 0 bridgehead atoms. The molecule has 11 heteroatoms. The zero-order valence-corrected chi connectivity index (χ0v) is 20.3. The second-order valence-corrected chi connectivity index (χ2v) is 11.2. The summed E-state index contributed by atoms with van der Waals surface area (Å²) in [7, 11) is -4.11. The summed E-state index contributed by atoms with van der Waals surface area (Å²) in [5.74, 6) is -0.835. The molecule has 2 N–H and O–H groups in total. The summed E-state index contributed by atoms with van der Waals surface area (Å²) in [5.41, 5.74) is 1.84. The van der Waals surface area contributed by atoms with Crippen LogP contribution in [0.15, 0.2) is 22.4 Å². The van der Waals surface area contributed by atoms with Gasteiger partial charge in [-0.05, 0) is 76.7 Å². The predicted octanol–water partition coefficient (Wildman–Crippen LogP) is 3.67. The third-order valence-corrected chi connectivity index (χ3v) is 8.70. The Balaban J connectivity index is 1.57. The van der Waals surface area contributed by atoms with Gasteiger partial charge in [0.25, 0.3) is 16.5 Å². The summed E-state index contributed by atoms with van der Waals surface area (Å²) in [6, 6.07) is 2.53. The second kappa shape index (κ2) is 9.94. The summed E-state index contributed by atoms with van der Waals surface area (Å²) in [5, 5.41) is 5.35. The van der Waals surface area contributed by atoms with E-state index >= 15 is 4.39 Å². The average Bonchev–Trinajstić information content (AvgIpc) is 3.42. The van der Waals surface area contributed by atoms with Gasteiger partial charge < -0.3 is 10.1 Å². The predicted molar refractivity (Wildman–Crippen MR) is 126 cm³/mol. The fourth-order valence-electron chi connectivity index (χ4n) is 4.83. The molecule has 1 saturated carbocycles. The molecule has 1 aromatic carbocycles. The lowest BCUT2D eigenvalue weighted by Crippen LogP contribution is -2.55. The summed E-state index contributed by atoms with van der Waals surface area (Å²) < 4.78 is 48.3. The molecule has 1 saturated heterocycles. The highest BCUT2D eigenvalue weighted by molar-refractivity contribution is 7.93. The number of hydrogen-bond donors (Lipinski definition) is 2. The molecule has 1 unspecified atom stereocenters. The van der Waals surface area contributed by atoms with Gasteiger partial charge in [0.1, 0.15) is 16.8 Å². The zero-order chi connectivity index (χ0) is 23.6. The number of halogens is 1. The average molecular weight is 497 g/mol. The third-order valence-electron chi connectivity index (χ3n) is 6.34. The summed E-state index contributed by atoms with van der Waals surface area (Å²) in [6.45, 7) is 5.89. The van der Waals surface area contributed by atoms with Crippen molar-refractivity contribution in [1.29, 1.82) is 0 Å². The molecule has 2 heterocycles. The number of ether oxygens (including phenoxy) is 1. The van der Waals surface area contributed by atoms with Crippen molar-refractivity contribution in [2.75, 3.05) is 23.1 Å². The Bertz CT molecular complexity index is 1100. The smallest absolute Gasteiger partial charge is 0.293 e. The maximum absolute atomic E-state index is 15.0. The monoisotopic (exact) mass is 496 g/mol. The van der Waals surface area contributed by atoms with Crippen LogP contribution in [0, 0.1) is 19.7 Å². The molecule has 0 radical (unpaired) electrons. The number of rotatable bonds is 8. The lowest BCUT2D eigenvalue weighted by atomic mass is 9.86. The van der Waals surface area contributed by atoms with Crippen molar-refractivity contribution in [3.63, 3.8) is 0 Å². The van der Waals surface area contributed by atoms with E-state index in [0.717, 1.165) is 56.5 Å². The lowest BCUT2D eigenvalue weighted by molar-refractivity contribution is -0.139. The minimum absolute atomic E-state index is 0.00729. The van der Waals surface area contributed by atoms with Gasteiger partial charge >= 0.3 is 0 Å². The molecule has 33 heavy (non-hydrogen) atoms. The van der Waals surface area contributed by atoms with Gasteiger partial charge in [-0.15, -0.1) is 11.3 Å². The largest absolute Gasteiger partial charge is 0.463 e. The summed E-state index contributed by atoms with van der Waals surface area (Å²) in [6.07, 6.45) is 4.51. The molecule has 4 rings (SSSR count). The van der Waals surface area contributed by atoms with Crippen molar-refractivity contribution in [1.82, 2.24) is 9.88 Å². The Morgan fingerprint density at radius 3 is 2.64 bits per heavy atom. The minimum atomic E-state index is -4.11. The van der Waals surface area contributed by atoms with E-state index < -0.39 is 20.7 Å². The molecular weight excluding hydrogens is 467 g/mol. The van der Waals surface area contributed by atoms with Crippen molar-refractivity contribution < 1.29 is 22.3 Å². The van der Waals surface area contributed by atoms with Crippen LogP contribution in [0.25, 0.3) is 0 Å². The highest BCUT2D eigenvalue weighted by atomic mass is 32.2. The molecule has 0 amide bonds. The van der Waals surface area contributed by atoms with Gasteiger partial charge in [0.2, 0.25) is 0 Å². The lowest BCUT2D eigenvalue weighted by Gasteiger charge is -2.43. The number of carbonyl (C=O) groups is 1. The van der Waals surface area contributed by atoms with E-state index in [9.17, 15) is 13.2 Å². The van der Waals surface area contributed by atoms with E-state index in [0.29, 0.717) is 23.4 Å². The van der Waals surface area contributed by atoms with Crippen LogP contribution >= 0.6 is 11.3 Å². The van der Waals surface area contributed by atoms with E-state index in [1.54, 1.807) is 19.2 Å². The van der Waals surface area contributed by atoms with Crippen LogP contribution in [0.2, 0.25) is 0 Å². The van der Waals surface area contributed by atoms with Crippen molar-refractivity contribution in [3.05, 3.63) is 34.6 Å². The van der Waals surface area contributed by atoms with E-state index in [4.69, 9.17) is 4.74 Å². The number of nitrogens with zero attached hydrogens (tertiary/aromatic N) is 2. The van der Waals surface area contributed by atoms with Crippen molar-refractivity contribution in [3.8, 4) is 0 Å². The first-order valence-electron chi connectivity index (χ1n) is 11.1. The molecule has 8 nitrogen and oxygen atoms in total. The van der Waals surface area contributed by atoms with Crippen LogP contribution in [0.1, 0.15) is 43.4 Å². The SMILES string of the molecule is Cc1csc(NS(=O)(=O)c2cc(C)c(N[C@H]3CCCC(OC=O)[C@@H]3N3CCCC3)cc2F)n1. The molecule has 2 fully saturated rings. The number of benzene rings is 1. The highest BCUT2D eigenvalue weighted by Gasteiger charge is 2.40. The normalized spacial score (nSPS) is 23.9. The summed E-state index contributed by atoms with van der Waals surface area (Å²) >= 11 is 1.15. The summed E-state index contributed by atoms with van der Waals surface area (Å²) in [4.78, 5) is 17.1. The number of hydrogen-bond acceptors (Lipinski definition) is 8. The van der Waals surface area contributed by atoms with E-state index in [1.807, 2.05) is 0 Å². The fraction of sp³-hybridized carbons (Fsp3) is 0.545. The van der Waals surface area contributed by atoms with E-state index in [-0.39, 0.29) is 23.3 Å². The number of thiazole rings is 1. The van der Waals surface area contributed by atoms with Gasteiger partial charge in [-0.2, -0.15) is 0 Å². The number of carbonyl (C=O) groups excluding carboxylic acids is 1. The number of nitrogens with one attached hydrogen (secondary N) is 2. The first-order valence-corrected chi connectivity index (χ1v) is 13.5. The van der Waals surface area contributed by atoms with Crippen LogP contribution in [-0.4, -0.2) is 56.1 Å².